The van der Waals surface area contributed by atoms with Crippen molar-refractivity contribution in [3.63, 3.8) is 0 Å². The largest absolute Gasteiger partial charge is 0.460 e. The van der Waals surface area contributed by atoms with Crippen molar-refractivity contribution in [3.8, 4) is 0 Å². The topological polar surface area (TPSA) is 64.7 Å². The minimum atomic E-state index is -0.595. The molecular formula is C20H29FN2O2S. The van der Waals surface area contributed by atoms with E-state index < -0.39 is 11.1 Å². The molecule has 0 radical (unpaired) electrons. The van der Waals surface area contributed by atoms with Gasteiger partial charge < -0.3 is 10.5 Å². The van der Waals surface area contributed by atoms with Crippen LogP contribution in [0.2, 0.25) is 0 Å². The number of halogens is 1. The molecule has 0 unspecified atom stereocenters. The van der Waals surface area contributed by atoms with Gasteiger partial charge in [-0.05, 0) is 57.7 Å². The van der Waals surface area contributed by atoms with E-state index in [4.69, 9.17) is 15.5 Å². The highest BCUT2D eigenvalue weighted by Crippen LogP contribution is 2.52. The Morgan fingerprint density at radius 2 is 2.19 bits per heavy atom. The van der Waals surface area contributed by atoms with Crippen LogP contribution in [0, 0.1) is 11.7 Å². The van der Waals surface area contributed by atoms with Gasteiger partial charge >= 0.3 is 5.97 Å². The van der Waals surface area contributed by atoms with Crippen LogP contribution in [0.25, 0.3) is 0 Å². The molecule has 1 aliphatic carbocycles. The molecule has 1 aromatic rings. The number of nitrogens with zero attached hydrogens (tertiary/aromatic N) is 1. The Morgan fingerprint density at radius 3 is 2.88 bits per heavy atom. The summed E-state index contributed by atoms with van der Waals surface area (Å²) in [4.78, 5) is 17.1. The second-order valence-corrected chi connectivity index (χ2v) is 8.93. The molecule has 26 heavy (non-hydrogen) atoms. The maximum absolute atomic E-state index is 14.6. The van der Waals surface area contributed by atoms with Gasteiger partial charge in [0.2, 0.25) is 0 Å². The standard InChI is InChI=1S/C19H25FN2O2S.CH4/c1-18(2,3)24-17(23)10-16-22-19(8-4-5-12(19)11-25-16)14-9-13(21)6-7-15(14)20;/h6-7,9,12H,4-5,8,10-11,21H2,1-3H3;1H4/t12-,19-;/m0./s1. The van der Waals surface area contributed by atoms with Crippen LogP contribution in [0.3, 0.4) is 0 Å². The molecule has 1 aromatic carbocycles. The maximum atomic E-state index is 14.6. The number of benzene rings is 1. The van der Waals surface area contributed by atoms with Crippen LogP contribution in [-0.2, 0) is 15.1 Å². The third-order valence-electron chi connectivity index (χ3n) is 4.73. The normalized spacial score (nSPS) is 25.1. The number of fused-ring (bicyclic) bond motifs is 1. The summed E-state index contributed by atoms with van der Waals surface area (Å²) in [5.74, 6) is 0.554. The number of nitrogens with two attached hydrogens (primary N) is 1. The Balaban J connectivity index is 0.00000243. The number of anilines is 1. The molecule has 2 aliphatic rings. The maximum Gasteiger partial charge on any atom is 0.312 e. The highest BCUT2D eigenvalue weighted by atomic mass is 32.2. The first-order valence-electron chi connectivity index (χ1n) is 8.68. The van der Waals surface area contributed by atoms with Crippen LogP contribution >= 0.6 is 11.8 Å². The second-order valence-electron chi connectivity index (χ2n) is 7.83. The Bertz CT molecular complexity index is 714. The molecule has 1 fully saturated rings. The fourth-order valence-corrected chi connectivity index (χ4v) is 5.05. The van der Waals surface area contributed by atoms with E-state index in [2.05, 4.69) is 0 Å². The number of rotatable bonds is 3. The van der Waals surface area contributed by atoms with E-state index in [1.807, 2.05) is 20.8 Å². The van der Waals surface area contributed by atoms with E-state index in [1.165, 1.54) is 6.07 Å². The lowest BCUT2D eigenvalue weighted by Crippen LogP contribution is -2.36. The number of nitrogen functional groups attached to an aromatic ring is 1. The molecule has 0 aromatic heterocycles. The van der Waals surface area contributed by atoms with Gasteiger partial charge in [0.05, 0.1) is 17.0 Å². The Morgan fingerprint density at radius 1 is 1.46 bits per heavy atom. The molecule has 2 N–H and O–H groups in total. The summed E-state index contributed by atoms with van der Waals surface area (Å²) < 4.78 is 20.0. The first-order valence-corrected chi connectivity index (χ1v) is 9.67. The minimum absolute atomic E-state index is 0. The molecule has 0 amide bonds. The molecule has 1 saturated carbocycles. The second kappa shape index (κ2) is 7.59. The lowest BCUT2D eigenvalue weighted by atomic mass is 9.81. The van der Waals surface area contributed by atoms with Crippen LogP contribution < -0.4 is 5.73 Å². The Kier molecular flexibility index (Phi) is 6.06. The molecule has 3 rings (SSSR count). The van der Waals surface area contributed by atoms with Gasteiger partial charge in [-0.3, -0.25) is 9.79 Å². The van der Waals surface area contributed by atoms with Gasteiger partial charge in [-0.1, -0.05) is 13.8 Å². The molecule has 2 atom stereocenters. The summed E-state index contributed by atoms with van der Waals surface area (Å²) in [6, 6.07) is 4.69. The lowest BCUT2D eigenvalue weighted by molar-refractivity contribution is -0.153. The first-order chi connectivity index (χ1) is 11.7. The zero-order valence-electron chi connectivity index (χ0n) is 15.0. The van der Waals surface area contributed by atoms with Crippen LogP contribution in [0.15, 0.2) is 23.2 Å². The molecule has 0 spiro atoms. The molecule has 4 nitrogen and oxygen atoms in total. The number of esters is 1. The van der Waals surface area contributed by atoms with Crippen LogP contribution in [-0.4, -0.2) is 22.4 Å². The third-order valence-corrected chi connectivity index (χ3v) is 5.87. The first kappa shape index (κ1) is 20.7. The number of ether oxygens (including phenoxy) is 1. The van der Waals surface area contributed by atoms with Crippen molar-refractivity contribution in [3.05, 3.63) is 29.6 Å². The van der Waals surface area contributed by atoms with E-state index in [0.29, 0.717) is 11.3 Å². The van der Waals surface area contributed by atoms with E-state index in [1.54, 1.807) is 23.9 Å². The Hall–Kier alpha value is -1.56. The van der Waals surface area contributed by atoms with E-state index in [0.717, 1.165) is 30.1 Å². The van der Waals surface area contributed by atoms with Gasteiger partial charge in [-0.15, -0.1) is 11.8 Å². The predicted octanol–water partition coefficient (Wildman–Crippen LogP) is 4.92. The average molecular weight is 381 g/mol. The number of hydrogen-bond donors (Lipinski definition) is 1. The van der Waals surface area contributed by atoms with Gasteiger partial charge in [-0.25, -0.2) is 4.39 Å². The van der Waals surface area contributed by atoms with Crippen LogP contribution in [0.1, 0.15) is 59.4 Å². The van der Waals surface area contributed by atoms with Gasteiger partial charge in [-0.2, -0.15) is 0 Å². The minimum Gasteiger partial charge on any atom is -0.460 e. The number of carbonyl (C=O) groups is 1. The molecule has 0 saturated heterocycles. The monoisotopic (exact) mass is 380 g/mol. The Labute approximate surface area is 159 Å². The smallest absolute Gasteiger partial charge is 0.312 e. The van der Waals surface area contributed by atoms with Gasteiger partial charge in [0.25, 0.3) is 0 Å². The zero-order valence-corrected chi connectivity index (χ0v) is 15.8. The van der Waals surface area contributed by atoms with Crippen molar-refractivity contribution in [1.29, 1.82) is 0 Å². The molecule has 0 bridgehead atoms. The van der Waals surface area contributed by atoms with Crippen molar-refractivity contribution in [2.75, 3.05) is 11.5 Å². The van der Waals surface area contributed by atoms with Crippen LogP contribution in [0.5, 0.6) is 0 Å². The van der Waals surface area contributed by atoms with Crippen LogP contribution in [0.4, 0.5) is 10.1 Å². The number of thioether (sulfide) groups is 1. The fourth-order valence-electron chi connectivity index (χ4n) is 3.76. The quantitative estimate of drug-likeness (QED) is 0.597. The highest BCUT2D eigenvalue weighted by Gasteiger charge is 2.48. The summed E-state index contributed by atoms with van der Waals surface area (Å²) in [7, 11) is 0. The van der Waals surface area contributed by atoms with Crippen molar-refractivity contribution >= 4 is 28.5 Å². The SMILES string of the molecule is C.CC(C)(C)OC(=O)CC1=N[C@@]2(c3cc(N)ccc3F)CCC[C@H]2CS1. The summed E-state index contributed by atoms with van der Waals surface area (Å²) in [6.45, 7) is 5.53. The van der Waals surface area contributed by atoms with Crippen molar-refractivity contribution in [2.24, 2.45) is 10.9 Å². The third kappa shape index (κ3) is 4.22. The van der Waals surface area contributed by atoms with E-state index in [9.17, 15) is 9.18 Å². The molecule has 144 valence electrons. The molecular weight excluding hydrogens is 351 g/mol. The molecule has 1 heterocycles. The fraction of sp³-hybridized carbons (Fsp3) is 0.600. The molecule has 6 heteroatoms. The lowest BCUT2D eigenvalue weighted by Gasteiger charge is -2.37. The van der Waals surface area contributed by atoms with Crippen molar-refractivity contribution in [2.45, 2.75) is 65.0 Å². The average Bonchev–Trinajstić information content (AvgIpc) is 2.91. The van der Waals surface area contributed by atoms with Crippen molar-refractivity contribution < 1.29 is 13.9 Å². The van der Waals surface area contributed by atoms with E-state index in [-0.39, 0.29) is 31.6 Å². The van der Waals surface area contributed by atoms with E-state index >= 15 is 0 Å². The zero-order chi connectivity index (χ0) is 18.2. The van der Waals surface area contributed by atoms with Gasteiger partial charge in [0.1, 0.15) is 11.4 Å². The number of aliphatic imine (C=N–C) groups is 1. The number of hydrogen-bond acceptors (Lipinski definition) is 5. The van der Waals surface area contributed by atoms with Gasteiger partial charge in [0, 0.05) is 17.0 Å². The summed E-state index contributed by atoms with van der Waals surface area (Å²) in [5.41, 5.74) is 5.89. The number of carbonyl (C=O) groups excluding carboxylic acids is 1. The summed E-state index contributed by atoms with van der Waals surface area (Å²) in [6.07, 6.45) is 2.95. The summed E-state index contributed by atoms with van der Waals surface area (Å²) in [5, 5.41) is 0.731. The molecule has 1 aliphatic heterocycles. The van der Waals surface area contributed by atoms with Gasteiger partial charge in [0.15, 0.2) is 0 Å². The predicted molar refractivity (Wildman–Crippen MR) is 107 cm³/mol. The van der Waals surface area contributed by atoms with Crippen molar-refractivity contribution in [1.82, 2.24) is 0 Å². The summed E-state index contributed by atoms with van der Waals surface area (Å²) >= 11 is 1.59. The highest BCUT2D eigenvalue weighted by molar-refractivity contribution is 8.14.